The Balaban J connectivity index is 2.11. The number of esters is 1. The Morgan fingerprint density at radius 3 is 2.10 bits per heavy atom. The summed E-state index contributed by atoms with van der Waals surface area (Å²) < 4.78 is 76.5. The molecule has 0 heterocycles. The van der Waals surface area contributed by atoms with Gasteiger partial charge in [-0.15, -0.1) is 0 Å². The van der Waals surface area contributed by atoms with Crippen molar-refractivity contribution in [1.29, 1.82) is 0 Å². The Bertz CT molecular complexity index is 885. The van der Waals surface area contributed by atoms with Gasteiger partial charge in [-0.3, -0.25) is 0 Å². The van der Waals surface area contributed by atoms with E-state index < -0.39 is 52.9 Å². The van der Waals surface area contributed by atoms with E-state index in [9.17, 15) is 31.5 Å². The van der Waals surface area contributed by atoms with Crippen molar-refractivity contribution in [2.45, 2.75) is 19.1 Å². The standard InChI is InChI=1S/C19H16F5NO4S/c1-30-8-7-11(25-19(27)28-9-10-5-3-2-4-6-10)18(26)29-17-15(23)13(21)12(20)14(22)16(17)24/h2-6,11H,7-9H2,1H3,(H,25,27)/t11-/m0/s1. The van der Waals surface area contributed by atoms with Crippen LogP contribution in [0.4, 0.5) is 26.7 Å². The van der Waals surface area contributed by atoms with Gasteiger partial charge in [0.2, 0.25) is 34.8 Å². The van der Waals surface area contributed by atoms with Crippen LogP contribution >= 0.6 is 11.8 Å². The number of rotatable bonds is 8. The quantitative estimate of drug-likeness (QED) is 0.214. The van der Waals surface area contributed by atoms with Crippen molar-refractivity contribution in [2.75, 3.05) is 12.0 Å². The maximum Gasteiger partial charge on any atom is 0.408 e. The molecule has 5 nitrogen and oxygen atoms in total. The van der Waals surface area contributed by atoms with Gasteiger partial charge < -0.3 is 14.8 Å². The molecular weight excluding hydrogens is 433 g/mol. The SMILES string of the molecule is CSCC[C@H](NC(=O)OCc1ccccc1)C(=O)Oc1c(F)c(F)c(F)c(F)c1F. The van der Waals surface area contributed by atoms with Crippen LogP contribution in [0, 0.1) is 29.1 Å². The molecular formula is C19H16F5NO4S. The number of hydrogen-bond donors (Lipinski definition) is 1. The largest absolute Gasteiger partial charge is 0.445 e. The Hall–Kier alpha value is -2.82. The zero-order valence-electron chi connectivity index (χ0n) is 15.5. The van der Waals surface area contributed by atoms with E-state index in [1.807, 2.05) is 0 Å². The van der Waals surface area contributed by atoms with Crippen molar-refractivity contribution in [3.63, 3.8) is 0 Å². The third-order valence-corrected chi connectivity index (χ3v) is 4.42. The Morgan fingerprint density at radius 1 is 0.967 bits per heavy atom. The van der Waals surface area contributed by atoms with E-state index >= 15 is 0 Å². The van der Waals surface area contributed by atoms with E-state index in [1.165, 1.54) is 11.8 Å². The highest BCUT2D eigenvalue weighted by Crippen LogP contribution is 2.29. The van der Waals surface area contributed by atoms with Crippen LogP contribution < -0.4 is 10.1 Å². The summed E-state index contributed by atoms with van der Waals surface area (Å²) in [6, 6.07) is 7.14. The van der Waals surface area contributed by atoms with Gasteiger partial charge in [-0.2, -0.15) is 20.5 Å². The summed E-state index contributed by atoms with van der Waals surface area (Å²) in [5, 5.41) is 2.17. The molecule has 2 aromatic carbocycles. The molecule has 11 heteroatoms. The van der Waals surface area contributed by atoms with Crippen LogP contribution in [-0.4, -0.2) is 30.1 Å². The number of nitrogens with one attached hydrogen (secondary N) is 1. The normalized spacial score (nSPS) is 11.7. The highest BCUT2D eigenvalue weighted by molar-refractivity contribution is 7.98. The lowest BCUT2D eigenvalue weighted by atomic mass is 10.2. The first-order valence-electron chi connectivity index (χ1n) is 8.45. The van der Waals surface area contributed by atoms with Crippen LogP contribution in [0.5, 0.6) is 5.75 Å². The van der Waals surface area contributed by atoms with Crippen LogP contribution in [0.1, 0.15) is 12.0 Å². The number of hydrogen-bond acceptors (Lipinski definition) is 5. The topological polar surface area (TPSA) is 64.6 Å². The molecule has 0 aliphatic rings. The zero-order valence-corrected chi connectivity index (χ0v) is 16.3. The average Bonchev–Trinajstić information content (AvgIpc) is 2.75. The maximum atomic E-state index is 13.7. The van der Waals surface area contributed by atoms with Crippen molar-refractivity contribution in [3.05, 3.63) is 65.0 Å². The van der Waals surface area contributed by atoms with E-state index in [0.29, 0.717) is 11.3 Å². The summed E-state index contributed by atoms with van der Waals surface area (Å²) in [5.74, 6) is -14.3. The fourth-order valence-electron chi connectivity index (χ4n) is 2.24. The van der Waals surface area contributed by atoms with Crippen LogP contribution in [0.25, 0.3) is 0 Å². The molecule has 0 spiro atoms. The van der Waals surface area contributed by atoms with Crippen LogP contribution in [0.2, 0.25) is 0 Å². The first kappa shape index (κ1) is 23.5. The summed E-state index contributed by atoms with van der Waals surface area (Å²) in [5.41, 5.74) is 0.664. The number of thioether (sulfide) groups is 1. The molecule has 0 unspecified atom stereocenters. The Kier molecular flexibility index (Phi) is 8.46. The first-order valence-corrected chi connectivity index (χ1v) is 9.84. The molecule has 0 bridgehead atoms. The summed E-state index contributed by atoms with van der Waals surface area (Å²) in [4.78, 5) is 24.2. The van der Waals surface area contributed by atoms with E-state index in [1.54, 1.807) is 36.6 Å². The van der Waals surface area contributed by atoms with Gasteiger partial charge in [0.15, 0.2) is 0 Å². The number of halogens is 5. The van der Waals surface area contributed by atoms with Gasteiger partial charge in [0.1, 0.15) is 12.6 Å². The molecule has 0 saturated heterocycles. The smallest absolute Gasteiger partial charge is 0.408 e. The van der Waals surface area contributed by atoms with E-state index in [0.717, 1.165) is 0 Å². The second kappa shape index (κ2) is 10.8. The number of alkyl carbamates (subject to hydrolysis) is 1. The fourth-order valence-corrected chi connectivity index (χ4v) is 2.71. The second-order valence-electron chi connectivity index (χ2n) is 5.86. The van der Waals surface area contributed by atoms with Gasteiger partial charge in [-0.05, 0) is 24.0 Å². The molecule has 1 amide bonds. The van der Waals surface area contributed by atoms with Gasteiger partial charge in [0.05, 0.1) is 0 Å². The summed E-state index contributed by atoms with van der Waals surface area (Å²) in [6.07, 6.45) is 0.620. The first-order chi connectivity index (χ1) is 14.3. The van der Waals surface area contributed by atoms with Gasteiger partial charge in [-0.25, -0.2) is 22.8 Å². The number of benzene rings is 2. The molecule has 2 rings (SSSR count). The van der Waals surface area contributed by atoms with E-state index in [2.05, 4.69) is 10.1 Å². The Morgan fingerprint density at radius 2 is 1.53 bits per heavy atom. The summed E-state index contributed by atoms with van der Waals surface area (Å²) in [7, 11) is 0. The summed E-state index contributed by atoms with van der Waals surface area (Å²) in [6.45, 7) is -0.116. The highest BCUT2D eigenvalue weighted by atomic mass is 32.2. The molecule has 0 fully saturated rings. The minimum absolute atomic E-state index is 0.0458. The molecule has 0 aliphatic carbocycles. The average molecular weight is 449 g/mol. The molecule has 0 saturated carbocycles. The van der Waals surface area contributed by atoms with Crippen molar-refractivity contribution in [1.82, 2.24) is 5.32 Å². The fraction of sp³-hybridized carbons (Fsp3) is 0.263. The minimum Gasteiger partial charge on any atom is -0.445 e. The van der Waals surface area contributed by atoms with Crippen molar-refractivity contribution < 1.29 is 41.0 Å². The lowest BCUT2D eigenvalue weighted by Crippen LogP contribution is -2.43. The molecule has 2 aromatic rings. The van der Waals surface area contributed by atoms with Gasteiger partial charge in [0, 0.05) is 0 Å². The lowest BCUT2D eigenvalue weighted by molar-refractivity contribution is -0.137. The van der Waals surface area contributed by atoms with Crippen molar-refractivity contribution in [2.24, 2.45) is 0 Å². The van der Waals surface area contributed by atoms with E-state index in [-0.39, 0.29) is 13.0 Å². The maximum absolute atomic E-state index is 13.7. The Labute approximate surface area is 172 Å². The van der Waals surface area contributed by atoms with Gasteiger partial charge in [-0.1, -0.05) is 30.3 Å². The predicted molar refractivity (Wildman–Crippen MR) is 98.4 cm³/mol. The lowest BCUT2D eigenvalue weighted by Gasteiger charge is -2.18. The number of carbonyl (C=O) groups excluding carboxylic acids is 2. The minimum atomic E-state index is -2.38. The monoisotopic (exact) mass is 449 g/mol. The number of carbonyl (C=O) groups is 2. The molecule has 0 aromatic heterocycles. The van der Waals surface area contributed by atoms with E-state index in [4.69, 9.17) is 4.74 Å². The zero-order chi connectivity index (χ0) is 22.3. The molecule has 1 atom stereocenters. The summed E-state index contributed by atoms with van der Waals surface area (Å²) >= 11 is 1.29. The molecule has 30 heavy (non-hydrogen) atoms. The van der Waals surface area contributed by atoms with Crippen LogP contribution in [0.3, 0.4) is 0 Å². The molecule has 162 valence electrons. The van der Waals surface area contributed by atoms with Crippen molar-refractivity contribution >= 4 is 23.8 Å². The number of amides is 1. The second-order valence-corrected chi connectivity index (χ2v) is 6.85. The molecule has 0 aliphatic heterocycles. The predicted octanol–water partition coefficient (Wildman–Crippen LogP) is 4.34. The number of ether oxygens (including phenoxy) is 2. The van der Waals surface area contributed by atoms with Gasteiger partial charge >= 0.3 is 12.1 Å². The molecule has 1 N–H and O–H groups in total. The van der Waals surface area contributed by atoms with Crippen molar-refractivity contribution in [3.8, 4) is 5.75 Å². The third kappa shape index (κ3) is 5.85. The van der Waals surface area contributed by atoms with Gasteiger partial charge in [0.25, 0.3) is 0 Å². The highest BCUT2D eigenvalue weighted by Gasteiger charge is 2.31. The van der Waals surface area contributed by atoms with Crippen LogP contribution in [0.15, 0.2) is 30.3 Å². The van der Waals surface area contributed by atoms with Crippen LogP contribution in [-0.2, 0) is 16.1 Å². The third-order valence-electron chi connectivity index (χ3n) is 3.77. The molecule has 0 radical (unpaired) electrons.